The van der Waals surface area contributed by atoms with Gasteiger partial charge in [-0.3, -0.25) is 0 Å². The molecule has 6 nitrogen and oxygen atoms in total. The highest BCUT2D eigenvalue weighted by atomic mass is 32.1. The van der Waals surface area contributed by atoms with E-state index in [1.165, 1.54) is 13.2 Å². The summed E-state index contributed by atoms with van der Waals surface area (Å²) in [6, 6.07) is 4.87. The highest BCUT2D eigenvalue weighted by Crippen LogP contribution is 2.30. The molecule has 0 atom stereocenters. The SMILES string of the molecule is CCNC(=NCc1cc(OC)ccc1O)NCCc1nc(C(F)(F)F)cs1. The van der Waals surface area contributed by atoms with Crippen molar-refractivity contribution in [3.63, 3.8) is 0 Å². The van der Waals surface area contributed by atoms with Crippen LogP contribution in [0.3, 0.4) is 0 Å². The summed E-state index contributed by atoms with van der Waals surface area (Å²) in [5.74, 6) is 1.21. The second kappa shape index (κ2) is 9.45. The summed E-state index contributed by atoms with van der Waals surface area (Å²) in [5, 5.41) is 17.4. The predicted molar refractivity (Wildman–Crippen MR) is 98.3 cm³/mol. The molecule has 0 saturated heterocycles. The first-order valence-electron chi connectivity index (χ1n) is 8.23. The van der Waals surface area contributed by atoms with E-state index in [0.717, 1.165) is 16.7 Å². The van der Waals surface area contributed by atoms with Crippen molar-refractivity contribution in [3.05, 3.63) is 39.8 Å². The molecule has 0 aliphatic rings. The van der Waals surface area contributed by atoms with Gasteiger partial charge in [0.05, 0.1) is 18.7 Å². The molecule has 10 heteroatoms. The number of guanidine groups is 1. The maximum atomic E-state index is 12.6. The lowest BCUT2D eigenvalue weighted by Crippen LogP contribution is -2.38. The normalized spacial score (nSPS) is 12.1. The number of methoxy groups -OCH3 is 1. The van der Waals surface area contributed by atoms with Crippen molar-refractivity contribution >= 4 is 17.3 Å². The molecule has 0 unspecified atom stereocenters. The summed E-state index contributed by atoms with van der Waals surface area (Å²) in [4.78, 5) is 7.97. The van der Waals surface area contributed by atoms with E-state index in [1.807, 2.05) is 6.92 Å². The van der Waals surface area contributed by atoms with Gasteiger partial charge in [0, 0.05) is 30.5 Å². The van der Waals surface area contributed by atoms with Crippen LogP contribution in [0, 0.1) is 0 Å². The molecule has 0 radical (unpaired) electrons. The smallest absolute Gasteiger partial charge is 0.434 e. The molecule has 2 rings (SSSR count). The van der Waals surface area contributed by atoms with Gasteiger partial charge in [-0.15, -0.1) is 11.3 Å². The Hall–Kier alpha value is -2.49. The maximum Gasteiger partial charge on any atom is 0.434 e. The van der Waals surface area contributed by atoms with Gasteiger partial charge in [-0.1, -0.05) is 0 Å². The molecule has 148 valence electrons. The lowest BCUT2D eigenvalue weighted by atomic mass is 10.2. The van der Waals surface area contributed by atoms with Crippen LogP contribution in [0.1, 0.15) is 23.2 Å². The van der Waals surface area contributed by atoms with Crippen molar-refractivity contribution in [2.45, 2.75) is 26.1 Å². The van der Waals surface area contributed by atoms with Crippen LogP contribution < -0.4 is 15.4 Å². The second-order valence-electron chi connectivity index (χ2n) is 5.49. The summed E-state index contributed by atoms with van der Waals surface area (Å²) in [5.41, 5.74) is -0.266. The van der Waals surface area contributed by atoms with Gasteiger partial charge in [0.15, 0.2) is 11.7 Å². The number of phenols is 1. The molecule has 27 heavy (non-hydrogen) atoms. The first-order valence-corrected chi connectivity index (χ1v) is 9.11. The Morgan fingerprint density at radius 3 is 2.74 bits per heavy atom. The molecule has 0 aliphatic carbocycles. The van der Waals surface area contributed by atoms with Gasteiger partial charge < -0.3 is 20.5 Å². The highest BCUT2D eigenvalue weighted by Gasteiger charge is 2.33. The number of alkyl halides is 3. The monoisotopic (exact) mass is 402 g/mol. The Kier molecular flexibility index (Phi) is 7.28. The summed E-state index contributed by atoms with van der Waals surface area (Å²) < 4.78 is 42.8. The lowest BCUT2D eigenvalue weighted by Gasteiger charge is -2.11. The molecule has 0 amide bonds. The standard InChI is InChI=1S/C17H21F3N4O2S/c1-3-21-16(23-9-11-8-12(26-2)4-5-13(11)25)22-7-6-15-24-14(10-27-15)17(18,19)20/h4-5,8,10,25H,3,6-7,9H2,1-2H3,(H2,21,22,23). The number of phenolic OH excluding ortho intramolecular Hbond substituents is 1. The number of ether oxygens (including phenoxy) is 1. The average Bonchev–Trinajstić information content (AvgIpc) is 3.10. The fraction of sp³-hybridized carbons (Fsp3) is 0.412. The zero-order valence-corrected chi connectivity index (χ0v) is 15.7. The van der Waals surface area contributed by atoms with Crippen LogP contribution in [0.25, 0.3) is 0 Å². The molecular formula is C17H21F3N4O2S. The number of nitrogens with one attached hydrogen (secondary N) is 2. The Morgan fingerprint density at radius 1 is 1.33 bits per heavy atom. The highest BCUT2D eigenvalue weighted by molar-refractivity contribution is 7.09. The van der Waals surface area contributed by atoms with E-state index in [9.17, 15) is 18.3 Å². The average molecular weight is 402 g/mol. The minimum Gasteiger partial charge on any atom is -0.508 e. The van der Waals surface area contributed by atoms with Gasteiger partial charge in [-0.2, -0.15) is 13.2 Å². The number of hydrogen-bond donors (Lipinski definition) is 3. The molecule has 1 aromatic carbocycles. The third-order valence-electron chi connectivity index (χ3n) is 3.51. The van der Waals surface area contributed by atoms with E-state index in [-0.39, 0.29) is 12.3 Å². The first-order chi connectivity index (χ1) is 12.8. The zero-order valence-electron chi connectivity index (χ0n) is 14.9. The molecule has 0 spiro atoms. The molecule has 2 aromatic rings. The summed E-state index contributed by atoms with van der Waals surface area (Å²) >= 11 is 0.979. The van der Waals surface area contributed by atoms with Gasteiger partial charge in [0.25, 0.3) is 0 Å². The molecule has 0 saturated carbocycles. The maximum absolute atomic E-state index is 12.6. The van der Waals surface area contributed by atoms with Crippen molar-refractivity contribution in [1.29, 1.82) is 0 Å². The van der Waals surface area contributed by atoms with E-state index in [1.54, 1.807) is 12.1 Å². The van der Waals surface area contributed by atoms with Crippen LogP contribution in [-0.4, -0.2) is 36.2 Å². The summed E-state index contributed by atoms with van der Waals surface area (Å²) in [6.45, 7) is 3.11. The third-order valence-corrected chi connectivity index (χ3v) is 4.42. The van der Waals surface area contributed by atoms with E-state index >= 15 is 0 Å². The molecule has 0 bridgehead atoms. The fourth-order valence-electron chi connectivity index (χ4n) is 2.17. The van der Waals surface area contributed by atoms with Gasteiger partial charge >= 0.3 is 6.18 Å². The molecule has 0 aliphatic heterocycles. The van der Waals surface area contributed by atoms with E-state index in [0.29, 0.717) is 41.8 Å². The van der Waals surface area contributed by atoms with Crippen LogP contribution >= 0.6 is 11.3 Å². The van der Waals surface area contributed by atoms with E-state index in [2.05, 4.69) is 20.6 Å². The van der Waals surface area contributed by atoms with Crippen LogP contribution in [0.15, 0.2) is 28.6 Å². The number of aromatic nitrogens is 1. The number of aromatic hydroxyl groups is 1. The second-order valence-corrected chi connectivity index (χ2v) is 6.43. The summed E-state index contributed by atoms with van der Waals surface area (Å²) in [7, 11) is 1.54. The van der Waals surface area contributed by atoms with Gasteiger partial charge in [0.2, 0.25) is 0 Å². The lowest BCUT2D eigenvalue weighted by molar-refractivity contribution is -0.140. The molecule has 1 heterocycles. The number of halogens is 3. The van der Waals surface area contributed by atoms with Gasteiger partial charge in [0.1, 0.15) is 11.5 Å². The zero-order chi connectivity index (χ0) is 19.9. The Balaban J connectivity index is 1.95. The van der Waals surface area contributed by atoms with Crippen molar-refractivity contribution in [1.82, 2.24) is 15.6 Å². The van der Waals surface area contributed by atoms with Gasteiger partial charge in [-0.05, 0) is 25.1 Å². The van der Waals surface area contributed by atoms with Crippen LogP contribution in [0.2, 0.25) is 0 Å². The largest absolute Gasteiger partial charge is 0.508 e. The number of thiazole rings is 1. The quantitative estimate of drug-likeness (QED) is 0.490. The molecule has 1 aromatic heterocycles. The minimum absolute atomic E-state index is 0.109. The number of nitrogens with zero attached hydrogens (tertiary/aromatic N) is 2. The molecule has 3 N–H and O–H groups in total. The van der Waals surface area contributed by atoms with Crippen LogP contribution in [-0.2, 0) is 19.1 Å². The van der Waals surface area contributed by atoms with Crippen molar-refractivity contribution < 1.29 is 23.0 Å². The number of rotatable bonds is 7. The van der Waals surface area contributed by atoms with Crippen molar-refractivity contribution in [2.24, 2.45) is 4.99 Å². The van der Waals surface area contributed by atoms with Crippen molar-refractivity contribution in [2.75, 3.05) is 20.2 Å². The topological polar surface area (TPSA) is 78.8 Å². The number of aliphatic imine (C=N–C) groups is 1. The fourth-order valence-corrected chi connectivity index (χ4v) is 2.97. The Bertz CT molecular complexity index is 778. The summed E-state index contributed by atoms with van der Waals surface area (Å²) in [6.07, 6.45) is -4.08. The van der Waals surface area contributed by atoms with Gasteiger partial charge in [-0.25, -0.2) is 9.98 Å². The predicted octanol–water partition coefficient (Wildman–Crippen LogP) is 3.17. The Labute approximate surface area is 159 Å². The van der Waals surface area contributed by atoms with Crippen LogP contribution in [0.4, 0.5) is 13.2 Å². The molecular weight excluding hydrogens is 381 g/mol. The third kappa shape index (κ3) is 6.31. The Morgan fingerprint density at radius 2 is 2.11 bits per heavy atom. The first kappa shape index (κ1) is 20.8. The van der Waals surface area contributed by atoms with E-state index in [4.69, 9.17) is 4.74 Å². The van der Waals surface area contributed by atoms with Crippen LogP contribution in [0.5, 0.6) is 11.5 Å². The minimum atomic E-state index is -4.42. The van der Waals surface area contributed by atoms with Crippen molar-refractivity contribution in [3.8, 4) is 11.5 Å². The van der Waals surface area contributed by atoms with E-state index < -0.39 is 11.9 Å². The number of benzene rings is 1. The molecule has 0 fully saturated rings. The number of hydrogen-bond acceptors (Lipinski definition) is 5.